The first-order valence-electron chi connectivity index (χ1n) is 8.40. The Morgan fingerprint density at radius 1 is 1.24 bits per heavy atom. The zero-order valence-corrected chi connectivity index (χ0v) is 15.2. The Labute approximate surface area is 154 Å². The summed E-state index contributed by atoms with van der Waals surface area (Å²) < 4.78 is 6.33. The van der Waals surface area contributed by atoms with E-state index in [1.807, 2.05) is 47.4 Å². The molecule has 2 aromatic rings. The molecule has 0 bridgehead atoms. The summed E-state index contributed by atoms with van der Waals surface area (Å²) in [5.41, 5.74) is 2.58. The van der Waals surface area contributed by atoms with Gasteiger partial charge < -0.3 is 20.1 Å². The van der Waals surface area contributed by atoms with Gasteiger partial charge in [-0.15, -0.1) is 0 Å². The van der Waals surface area contributed by atoms with Gasteiger partial charge in [0, 0.05) is 21.8 Å². The van der Waals surface area contributed by atoms with Crippen molar-refractivity contribution in [2.24, 2.45) is 0 Å². The highest BCUT2D eigenvalue weighted by Crippen LogP contribution is 2.42. The number of ether oxygens (including phenoxy) is 1. The standard InChI is InChI=1S/C19H19BrN2O3/c20-16-11-13(25-10-9-23)7-8-14(16)18-21-17-4-2-1-3-15(17)19(24)22(18)12-5-6-12/h1-4,7-8,11-12,18,21,23H,5-6,9-10H2/t18-/m1/s1. The number of carbonyl (C=O) groups is 1. The number of hydrogen-bond acceptors (Lipinski definition) is 4. The number of nitrogens with one attached hydrogen (secondary N) is 1. The lowest BCUT2D eigenvalue weighted by Gasteiger charge is -2.38. The van der Waals surface area contributed by atoms with Gasteiger partial charge in [0.2, 0.25) is 0 Å². The minimum atomic E-state index is -0.212. The van der Waals surface area contributed by atoms with Crippen LogP contribution in [0.2, 0.25) is 0 Å². The molecule has 1 amide bonds. The third kappa shape index (κ3) is 3.12. The second-order valence-corrected chi connectivity index (χ2v) is 7.15. The van der Waals surface area contributed by atoms with E-state index >= 15 is 0 Å². The van der Waals surface area contributed by atoms with Gasteiger partial charge in [-0.3, -0.25) is 4.79 Å². The van der Waals surface area contributed by atoms with Crippen molar-refractivity contribution in [3.8, 4) is 5.75 Å². The smallest absolute Gasteiger partial charge is 0.258 e. The van der Waals surface area contributed by atoms with Crippen LogP contribution in [-0.2, 0) is 0 Å². The fourth-order valence-corrected chi connectivity index (χ4v) is 3.78. The molecule has 4 rings (SSSR count). The number of fused-ring (bicyclic) bond motifs is 1. The van der Waals surface area contributed by atoms with E-state index in [2.05, 4.69) is 21.2 Å². The van der Waals surface area contributed by atoms with Crippen molar-refractivity contribution >= 4 is 27.5 Å². The summed E-state index contributed by atoms with van der Waals surface area (Å²) in [5, 5.41) is 12.4. The van der Waals surface area contributed by atoms with Crippen LogP contribution < -0.4 is 10.1 Å². The SMILES string of the molecule is O=C1c2ccccc2N[C@@H](c2ccc(OCCO)cc2Br)N1C1CC1. The fraction of sp³-hybridized carbons (Fsp3) is 0.316. The average molecular weight is 403 g/mol. The number of aliphatic hydroxyl groups is 1. The monoisotopic (exact) mass is 402 g/mol. The average Bonchev–Trinajstić information content (AvgIpc) is 3.45. The molecular formula is C19H19BrN2O3. The highest BCUT2D eigenvalue weighted by molar-refractivity contribution is 9.10. The Balaban J connectivity index is 1.70. The maximum atomic E-state index is 13.0. The predicted molar refractivity (Wildman–Crippen MR) is 98.7 cm³/mol. The van der Waals surface area contributed by atoms with Crippen LogP contribution in [0, 0.1) is 0 Å². The van der Waals surface area contributed by atoms with Crippen molar-refractivity contribution in [1.29, 1.82) is 0 Å². The van der Waals surface area contributed by atoms with Crippen LogP contribution in [-0.4, -0.2) is 35.2 Å². The fourth-order valence-electron chi connectivity index (χ4n) is 3.21. The van der Waals surface area contributed by atoms with Crippen molar-refractivity contribution in [1.82, 2.24) is 4.90 Å². The molecule has 1 fully saturated rings. The second-order valence-electron chi connectivity index (χ2n) is 6.29. The first-order valence-corrected chi connectivity index (χ1v) is 9.19. The van der Waals surface area contributed by atoms with E-state index in [-0.39, 0.29) is 31.3 Å². The summed E-state index contributed by atoms with van der Waals surface area (Å²) in [7, 11) is 0. The van der Waals surface area contributed by atoms with E-state index in [9.17, 15) is 4.79 Å². The number of aliphatic hydroxyl groups excluding tert-OH is 1. The van der Waals surface area contributed by atoms with Crippen LogP contribution in [0.4, 0.5) is 5.69 Å². The summed E-state index contributed by atoms with van der Waals surface area (Å²) in [6, 6.07) is 13.6. The third-order valence-electron chi connectivity index (χ3n) is 4.53. The molecule has 5 nitrogen and oxygen atoms in total. The van der Waals surface area contributed by atoms with E-state index < -0.39 is 0 Å². The van der Waals surface area contributed by atoms with E-state index in [1.165, 1.54) is 0 Å². The number of carbonyl (C=O) groups excluding carboxylic acids is 1. The summed E-state index contributed by atoms with van der Waals surface area (Å²) in [5.74, 6) is 0.763. The first-order chi connectivity index (χ1) is 12.2. The van der Waals surface area contributed by atoms with Gasteiger partial charge in [0.15, 0.2) is 0 Å². The Morgan fingerprint density at radius 3 is 2.76 bits per heavy atom. The molecule has 0 spiro atoms. The van der Waals surface area contributed by atoms with Crippen molar-refractivity contribution in [3.05, 3.63) is 58.1 Å². The summed E-state index contributed by atoms with van der Waals surface area (Å²) in [6.45, 7) is 0.234. The van der Waals surface area contributed by atoms with Crippen LogP contribution in [0.15, 0.2) is 46.9 Å². The number of amides is 1. The summed E-state index contributed by atoms with van der Waals surface area (Å²) in [4.78, 5) is 15.0. The molecular weight excluding hydrogens is 384 g/mol. The molecule has 1 saturated carbocycles. The molecule has 1 aliphatic heterocycles. The molecule has 2 N–H and O–H groups in total. The van der Waals surface area contributed by atoms with Crippen LogP contribution >= 0.6 is 15.9 Å². The Kier molecular flexibility index (Phi) is 4.39. The largest absolute Gasteiger partial charge is 0.491 e. The minimum Gasteiger partial charge on any atom is -0.491 e. The van der Waals surface area contributed by atoms with Crippen molar-refractivity contribution in [3.63, 3.8) is 0 Å². The molecule has 130 valence electrons. The molecule has 0 saturated heterocycles. The van der Waals surface area contributed by atoms with Crippen molar-refractivity contribution in [2.75, 3.05) is 18.5 Å². The Hall–Kier alpha value is -2.05. The summed E-state index contributed by atoms with van der Waals surface area (Å²) >= 11 is 3.61. The molecule has 0 aromatic heterocycles. The van der Waals surface area contributed by atoms with E-state index in [1.54, 1.807) is 0 Å². The highest BCUT2D eigenvalue weighted by atomic mass is 79.9. The zero-order chi connectivity index (χ0) is 17.4. The number of halogens is 1. The quantitative estimate of drug-likeness (QED) is 0.802. The number of benzene rings is 2. The molecule has 2 aromatic carbocycles. The number of hydrogen-bond donors (Lipinski definition) is 2. The number of rotatable bonds is 5. The third-order valence-corrected chi connectivity index (χ3v) is 5.22. The topological polar surface area (TPSA) is 61.8 Å². The molecule has 1 atom stereocenters. The summed E-state index contributed by atoms with van der Waals surface area (Å²) in [6.07, 6.45) is 1.87. The van der Waals surface area contributed by atoms with E-state index in [0.717, 1.165) is 34.1 Å². The zero-order valence-electron chi connectivity index (χ0n) is 13.6. The van der Waals surface area contributed by atoms with Crippen LogP contribution in [0.25, 0.3) is 0 Å². The van der Waals surface area contributed by atoms with E-state index in [4.69, 9.17) is 9.84 Å². The molecule has 2 aliphatic rings. The second kappa shape index (κ2) is 6.69. The van der Waals surface area contributed by atoms with Gasteiger partial charge in [-0.25, -0.2) is 0 Å². The van der Waals surface area contributed by atoms with Gasteiger partial charge in [0.1, 0.15) is 18.5 Å². The minimum absolute atomic E-state index is 0.0235. The lowest BCUT2D eigenvalue weighted by atomic mass is 10.0. The highest BCUT2D eigenvalue weighted by Gasteiger charge is 2.42. The molecule has 0 radical (unpaired) electrons. The molecule has 1 aliphatic carbocycles. The number of para-hydroxylation sites is 1. The van der Waals surface area contributed by atoms with Gasteiger partial charge in [-0.2, -0.15) is 0 Å². The molecule has 0 unspecified atom stereocenters. The normalized spacial score (nSPS) is 19.4. The molecule has 6 heteroatoms. The van der Waals surface area contributed by atoms with Crippen molar-refractivity contribution in [2.45, 2.75) is 25.0 Å². The van der Waals surface area contributed by atoms with Crippen LogP contribution in [0.3, 0.4) is 0 Å². The van der Waals surface area contributed by atoms with Gasteiger partial charge in [0.25, 0.3) is 5.91 Å². The van der Waals surface area contributed by atoms with Crippen LogP contribution in [0.5, 0.6) is 5.75 Å². The Bertz CT molecular complexity index is 807. The maximum Gasteiger partial charge on any atom is 0.258 e. The van der Waals surface area contributed by atoms with Gasteiger partial charge in [-0.05, 0) is 37.1 Å². The lowest BCUT2D eigenvalue weighted by molar-refractivity contribution is 0.0666. The Morgan fingerprint density at radius 2 is 2.04 bits per heavy atom. The first kappa shape index (κ1) is 16.4. The van der Waals surface area contributed by atoms with E-state index in [0.29, 0.717) is 5.75 Å². The maximum absolute atomic E-state index is 13.0. The van der Waals surface area contributed by atoms with Gasteiger partial charge in [-0.1, -0.05) is 34.1 Å². The lowest BCUT2D eigenvalue weighted by Crippen LogP contribution is -2.44. The predicted octanol–water partition coefficient (Wildman–Crippen LogP) is 3.55. The molecule has 25 heavy (non-hydrogen) atoms. The molecule has 1 heterocycles. The van der Waals surface area contributed by atoms with Crippen LogP contribution in [0.1, 0.15) is 34.9 Å². The number of nitrogens with zero attached hydrogens (tertiary/aromatic N) is 1. The van der Waals surface area contributed by atoms with Gasteiger partial charge in [0.05, 0.1) is 12.2 Å². The number of anilines is 1. The van der Waals surface area contributed by atoms with Crippen molar-refractivity contribution < 1.29 is 14.6 Å². The van der Waals surface area contributed by atoms with Gasteiger partial charge >= 0.3 is 0 Å².